The molecule has 0 bridgehead atoms. The van der Waals surface area contributed by atoms with Crippen molar-refractivity contribution >= 4 is 0 Å². The molecular weight excluding hydrogens is 240 g/mol. The van der Waals surface area contributed by atoms with Crippen molar-refractivity contribution in [3.8, 4) is 17.7 Å². The topological polar surface area (TPSA) is 66.1 Å². The van der Waals surface area contributed by atoms with Gasteiger partial charge in [0, 0.05) is 12.3 Å². The van der Waals surface area contributed by atoms with Crippen LogP contribution in [0.15, 0.2) is 36.5 Å². The number of hydrogen-bond donors (Lipinski definition) is 1. The Kier molecular flexibility index (Phi) is 3.79. The summed E-state index contributed by atoms with van der Waals surface area (Å²) < 4.78 is 5.67. The standard InChI is InChI=1S/C15H14N2O2/c1-10-3-4-12(9-16)7-14(10)19-15-8-13(11(2)18)5-6-17-15/h3-8,11,18H,1-2H3/t11-/m0/s1. The molecule has 1 atom stereocenters. The molecule has 1 heterocycles. The second-order valence-electron chi connectivity index (χ2n) is 4.30. The van der Waals surface area contributed by atoms with Crippen LogP contribution < -0.4 is 4.74 Å². The number of nitrogens with zero attached hydrogens (tertiary/aromatic N) is 2. The summed E-state index contributed by atoms with van der Waals surface area (Å²) in [5.41, 5.74) is 2.19. The molecule has 0 aliphatic rings. The number of hydrogen-bond acceptors (Lipinski definition) is 4. The Labute approximate surface area is 111 Å². The van der Waals surface area contributed by atoms with E-state index in [1.807, 2.05) is 13.0 Å². The van der Waals surface area contributed by atoms with E-state index in [4.69, 9.17) is 10.00 Å². The first kappa shape index (κ1) is 13.1. The van der Waals surface area contributed by atoms with Gasteiger partial charge in [-0.1, -0.05) is 6.07 Å². The zero-order valence-corrected chi connectivity index (χ0v) is 10.8. The number of aliphatic hydroxyl groups is 1. The molecule has 1 aromatic heterocycles. The Morgan fingerprint density at radius 2 is 2.11 bits per heavy atom. The van der Waals surface area contributed by atoms with Gasteiger partial charge in [0.05, 0.1) is 17.7 Å². The lowest BCUT2D eigenvalue weighted by atomic mass is 10.1. The maximum atomic E-state index is 9.52. The predicted octanol–water partition coefficient (Wildman–Crippen LogP) is 3.11. The van der Waals surface area contributed by atoms with E-state index in [-0.39, 0.29) is 0 Å². The summed E-state index contributed by atoms with van der Waals surface area (Å²) in [5, 5.41) is 18.4. The highest BCUT2D eigenvalue weighted by Crippen LogP contribution is 2.26. The van der Waals surface area contributed by atoms with Gasteiger partial charge in [0.25, 0.3) is 0 Å². The minimum absolute atomic E-state index is 0.400. The van der Waals surface area contributed by atoms with Crippen LogP contribution in [0, 0.1) is 18.3 Å². The third-order valence-corrected chi connectivity index (χ3v) is 2.77. The van der Waals surface area contributed by atoms with Gasteiger partial charge in [0.2, 0.25) is 5.88 Å². The van der Waals surface area contributed by atoms with Gasteiger partial charge in [0.1, 0.15) is 5.75 Å². The summed E-state index contributed by atoms with van der Waals surface area (Å²) in [6.07, 6.45) is 1.01. The molecule has 0 spiro atoms. The molecule has 0 amide bonds. The average molecular weight is 254 g/mol. The van der Waals surface area contributed by atoms with Crippen molar-refractivity contribution < 1.29 is 9.84 Å². The highest BCUT2D eigenvalue weighted by molar-refractivity contribution is 5.43. The van der Waals surface area contributed by atoms with Gasteiger partial charge in [-0.2, -0.15) is 5.26 Å². The fourth-order valence-corrected chi connectivity index (χ4v) is 1.63. The minimum atomic E-state index is -0.572. The van der Waals surface area contributed by atoms with Gasteiger partial charge in [-0.3, -0.25) is 0 Å². The third kappa shape index (κ3) is 3.09. The van der Waals surface area contributed by atoms with Crippen LogP contribution in [0.4, 0.5) is 0 Å². The normalized spacial score (nSPS) is 11.7. The zero-order valence-electron chi connectivity index (χ0n) is 10.8. The van der Waals surface area contributed by atoms with Crippen LogP contribution >= 0.6 is 0 Å². The molecule has 0 aliphatic heterocycles. The van der Waals surface area contributed by atoms with Crippen LogP contribution in [0.2, 0.25) is 0 Å². The Bertz CT molecular complexity index is 630. The molecular formula is C15H14N2O2. The Morgan fingerprint density at radius 1 is 1.32 bits per heavy atom. The lowest BCUT2D eigenvalue weighted by Gasteiger charge is -2.10. The Balaban J connectivity index is 2.31. The summed E-state index contributed by atoms with van der Waals surface area (Å²) in [6, 6.07) is 10.7. The van der Waals surface area contributed by atoms with Crippen molar-refractivity contribution in [1.29, 1.82) is 5.26 Å². The largest absolute Gasteiger partial charge is 0.439 e. The molecule has 0 radical (unpaired) electrons. The third-order valence-electron chi connectivity index (χ3n) is 2.77. The molecule has 0 saturated heterocycles. The molecule has 1 aromatic carbocycles. The number of aromatic nitrogens is 1. The quantitative estimate of drug-likeness (QED) is 0.913. The molecule has 2 rings (SSSR count). The van der Waals surface area contributed by atoms with E-state index < -0.39 is 6.10 Å². The Hall–Kier alpha value is -2.38. The first-order valence-electron chi connectivity index (χ1n) is 5.93. The van der Waals surface area contributed by atoms with Crippen LogP contribution in [0.3, 0.4) is 0 Å². The van der Waals surface area contributed by atoms with Crippen molar-refractivity contribution in [2.24, 2.45) is 0 Å². The lowest BCUT2D eigenvalue weighted by molar-refractivity contribution is 0.198. The second-order valence-corrected chi connectivity index (χ2v) is 4.30. The summed E-state index contributed by atoms with van der Waals surface area (Å²) >= 11 is 0. The number of rotatable bonds is 3. The van der Waals surface area contributed by atoms with Crippen molar-refractivity contribution in [2.45, 2.75) is 20.0 Å². The van der Waals surface area contributed by atoms with E-state index in [1.54, 1.807) is 37.4 Å². The van der Waals surface area contributed by atoms with Crippen LogP contribution in [-0.4, -0.2) is 10.1 Å². The van der Waals surface area contributed by atoms with E-state index in [1.165, 1.54) is 0 Å². The van der Waals surface area contributed by atoms with Crippen LogP contribution in [0.1, 0.15) is 29.7 Å². The molecule has 1 N–H and O–H groups in total. The minimum Gasteiger partial charge on any atom is -0.439 e. The lowest BCUT2D eigenvalue weighted by Crippen LogP contribution is -1.95. The van der Waals surface area contributed by atoms with Crippen molar-refractivity contribution in [1.82, 2.24) is 4.98 Å². The molecule has 0 unspecified atom stereocenters. The fourth-order valence-electron chi connectivity index (χ4n) is 1.63. The summed E-state index contributed by atoms with van der Waals surface area (Å²) in [4.78, 5) is 4.10. The SMILES string of the molecule is Cc1ccc(C#N)cc1Oc1cc([C@H](C)O)ccn1. The van der Waals surface area contributed by atoms with Crippen molar-refractivity contribution in [3.63, 3.8) is 0 Å². The van der Waals surface area contributed by atoms with E-state index >= 15 is 0 Å². The van der Waals surface area contributed by atoms with Gasteiger partial charge in [-0.05, 0) is 43.2 Å². The van der Waals surface area contributed by atoms with E-state index in [0.717, 1.165) is 11.1 Å². The summed E-state index contributed by atoms with van der Waals surface area (Å²) in [6.45, 7) is 3.58. The summed E-state index contributed by atoms with van der Waals surface area (Å²) in [5.74, 6) is 0.992. The maximum absolute atomic E-state index is 9.52. The summed E-state index contributed by atoms with van der Waals surface area (Å²) in [7, 11) is 0. The number of ether oxygens (including phenoxy) is 1. The van der Waals surface area contributed by atoms with E-state index in [2.05, 4.69) is 11.1 Å². The highest BCUT2D eigenvalue weighted by Gasteiger charge is 2.07. The highest BCUT2D eigenvalue weighted by atomic mass is 16.5. The van der Waals surface area contributed by atoms with E-state index in [9.17, 15) is 5.11 Å². The molecule has 19 heavy (non-hydrogen) atoms. The number of pyridine rings is 1. The van der Waals surface area contributed by atoms with Gasteiger partial charge >= 0.3 is 0 Å². The molecule has 4 nitrogen and oxygen atoms in total. The van der Waals surface area contributed by atoms with Gasteiger partial charge < -0.3 is 9.84 Å². The smallest absolute Gasteiger partial charge is 0.219 e. The van der Waals surface area contributed by atoms with E-state index in [0.29, 0.717) is 17.2 Å². The zero-order chi connectivity index (χ0) is 13.8. The first-order chi connectivity index (χ1) is 9.10. The molecule has 96 valence electrons. The van der Waals surface area contributed by atoms with Crippen LogP contribution in [0.5, 0.6) is 11.6 Å². The van der Waals surface area contributed by atoms with Crippen LogP contribution in [0.25, 0.3) is 0 Å². The molecule has 2 aromatic rings. The molecule has 0 saturated carbocycles. The second kappa shape index (κ2) is 5.51. The number of nitriles is 1. The maximum Gasteiger partial charge on any atom is 0.219 e. The van der Waals surface area contributed by atoms with Crippen molar-refractivity contribution in [3.05, 3.63) is 53.2 Å². The molecule has 0 aliphatic carbocycles. The number of aryl methyl sites for hydroxylation is 1. The van der Waals surface area contributed by atoms with Gasteiger partial charge in [0.15, 0.2) is 0 Å². The van der Waals surface area contributed by atoms with Gasteiger partial charge in [-0.25, -0.2) is 4.98 Å². The van der Waals surface area contributed by atoms with Crippen molar-refractivity contribution in [2.75, 3.05) is 0 Å². The predicted molar refractivity (Wildman–Crippen MR) is 70.8 cm³/mol. The average Bonchev–Trinajstić information content (AvgIpc) is 2.41. The fraction of sp³-hybridized carbons (Fsp3) is 0.200. The first-order valence-corrected chi connectivity index (χ1v) is 5.93. The number of aliphatic hydroxyl groups excluding tert-OH is 1. The molecule has 0 fully saturated rings. The monoisotopic (exact) mass is 254 g/mol. The van der Waals surface area contributed by atoms with Gasteiger partial charge in [-0.15, -0.1) is 0 Å². The number of benzene rings is 1. The Morgan fingerprint density at radius 3 is 2.79 bits per heavy atom. The molecule has 4 heteroatoms. The van der Waals surface area contributed by atoms with Crippen LogP contribution in [-0.2, 0) is 0 Å².